The Kier molecular flexibility index (Phi) is 4.62. The van der Waals surface area contributed by atoms with Crippen LogP contribution < -0.4 is 4.74 Å². The molecule has 1 aromatic heterocycles. The molecule has 0 saturated heterocycles. The van der Waals surface area contributed by atoms with Gasteiger partial charge in [0.2, 0.25) is 0 Å². The fraction of sp³-hybridized carbons (Fsp3) is 0.231. The minimum Gasteiger partial charge on any atom is -0.480 e. The van der Waals surface area contributed by atoms with E-state index in [4.69, 9.17) is 14.0 Å². The molecule has 0 fully saturated rings. The number of benzene rings is 1. The van der Waals surface area contributed by atoms with Crippen LogP contribution in [0.3, 0.4) is 0 Å². The molecule has 0 aliphatic rings. The van der Waals surface area contributed by atoms with Gasteiger partial charge in [-0.1, -0.05) is 5.16 Å². The molecule has 21 heavy (non-hydrogen) atoms. The highest BCUT2D eigenvalue weighted by Gasteiger charge is 2.16. The van der Waals surface area contributed by atoms with Crippen molar-refractivity contribution in [3.8, 4) is 5.75 Å². The summed E-state index contributed by atoms with van der Waals surface area (Å²) in [6.45, 7) is 0.254. The van der Waals surface area contributed by atoms with Gasteiger partial charge in [0.05, 0.1) is 4.92 Å². The molecule has 0 N–H and O–H groups in total. The van der Waals surface area contributed by atoms with Gasteiger partial charge in [0.25, 0.3) is 0 Å². The van der Waals surface area contributed by atoms with Gasteiger partial charge in [-0.15, -0.1) is 0 Å². The lowest BCUT2D eigenvalue weighted by Gasteiger charge is -2.05. The molecule has 0 spiro atoms. The number of carbonyl (C=O) groups is 1. The number of hydrogen-bond donors (Lipinski definition) is 0. The molecule has 0 atom stereocenters. The van der Waals surface area contributed by atoms with Crippen LogP contribution in [-0.2, 0) is 18.0 Å². The molecule has 0 amide bonds. The fourth-order valence-corrected chi connectivity index (χ4v) is 1.66. The Morgan fingerprint density at radius 3 is 2.86 bits per heavy atom. The average molecular weight is 292 g/mol. The molecular formula is C13H12N2O6. The first-order chi connectivity index (χ1) is 10.1. The Morgan fingerprint density at radius 2 is 2.19 bits per heavy atom. The van der Waals surface area contributed by atoms with Crippen LogP contribution in [0.25, 0.3) is 0 Å². The Balaban J connectivity index is 2.13. The van der Waals surface area contributed by atoms with Crippen LogP contribution in [0.15, 0.2) is 28.8 Å². The summed E-state index contributed by atoms with van der Waals surface area (Å²) in [6, 6.07) is 5.50. The van der Waals surface area contributed by atoms with Crippen molar-refractivity contribution in [2.75, 3.05) is 7.11 Å². The van der Waals surface area contributed by atoms with Crippen LogP contribution in [0.4, 0.5) is 5.69 Å². The first-order valence-electron chi connectivity index (χ1n) is 5.94. The van der Waals surface area contributed by atoms with Gasteiger partial charge in [-0.3, -0.25) is 14.9 Å². The van der Waals surface area contributed by atoms with Crippen molar-refractivity contribution in [2.45, 2.75) is 13.2 Å². The van der Waals surface area contributed by atoms with Gasteiger partial charge in [-0.2, -0.15) is 0 Å². The number of aromatic nitrogens is 1. The highest BCUT2D eigenvalue weighted by molar-refractivity contribution is 5.76. The third-order valence-corrected chi connectivity index (χ3v) is 2.59. The number of hydrogen-bond acceptors (Lipinski definition) is 7. The lowest BCUT2D eigenvalue weighted by atomic mass is 10.2. The molecule has 0 saturated carbocycles. The van der Waals surface area contributed by atoms with E-state index < -0.39 is 4.92 Å². The Hall–Kier alpha value is -2.74. The highest BCUT2D eigenvalue weighted by Crippen LogP contribution is 2.28. The number of ether oxygens (including phenoxy) is 2. The molecular weight excluding hydrogens is 280 g/mol. The molecule has 0 unspecified atom stereocenters. The van der Waals surface area contributed by atoms with E-state index in [1.54, 1.807) is 6.07 Å². The van der Waals surface area contributed by atoms with Crippen molar-refractivity contribution in [1.29, 1.82) is 0 Å². The average Bonchev–Trinajstić information content (AvgIpc) is 2.92. The van der Waals surface area contributed by atoms with Crippen molar-refractivity contribution in [1.82, 2.24) is 5.16 Å². The lowest BCUT2D eigenvalue weighted by molar-refractivity contribution is -0.385. The third-order valence-electron chi connectivity index (χ3n) is 2.59. The number of nitrogens with zero attached hydrogens (tertiary/aromatic N) is 2. The summed E-state index contributed by atoms with van der Waals surface area (Å²) in [4.78, 5) is 21.1. The van der Waals surface area contributed by atoms with Crippen LogP contribution in [0.5, 0.6) is 5.75 Å². The van der Waals surface area contributed by atoms with Gasteiger partial charge in [-0.05, 0) is 12.1 Å². The minimum absolute atomic E-state index is 0.000825. The lowest BCUT2D eigenvalue weighted by Crippen LogP contribution is -2.00. The summed E-state index contributed by atoms with van der Waals surface area (Å²) in [5.74, 6) is 0.521. The molecule has 0 aliphatic carbocycles. The molecule has 8 heteroatoms. The Bertz CT molecular complexity index is 652. The van der Waals surface area contributed by atoms with E-state index in [1.807, 2.05) is 0 Å². The number of rotatable bonds is 7. The van der Waals surface area contributed by atoms with E-state index in [-0.39, 0.29) is 30.2 Å². The summed E-state index contributed by atoms with van der Waals surface area (Å²) < 4.78 is 15.2. The van der Waals surface area contributed by atoms with Crippen molar-refractivity contribution in [2.24, 2.45) is 0 Å². The Labute approximate surface area is 119 Å². The van der Waals surface area contributed by atoms with Crippen LogP contribution >= 0.6 is 0 Å². The zero-order chi connectivity index (χ0) is 15.2. The molecule has 0 radical (unpaired) electrons. The first-order valence-corrected chi connectivity index (χ1v) is 5.94. The molecule has 0 bridgehead atoms. The first kappa shape index (κ1) is 14.7. The number of carbonyl (C=O) groups excluding carboxylic acids is 1. The minimum atomic E-state index is -0.580. The number of aldehydes is 1. The van der Waals surface area contributed by atoms with Gasteiger partial charge in [-0.25, -0.2) is 0 Å². The van der Waals surface area contributed by atoms with Gasteiger partial charge in [0, 0.05) is 24.8 Å². The SMILES string of the molecule is COCc1cc(COc2cc(C=O)ccc2[N+](=O)[O-])no1. The number of methoxy groups -OCH3 is 1. The molecule has 8 nitrogen and oxygen atoms in total. The second kappa shape index (κ2) is 6.62. The molecule has 1 heterocycles. The third kappa shape index (κ3) is 3.63. The van der Waals surface area contributed by atoms with Gasteiger partial charge >= 0.3 is 5.69 Å². The van der Waals surface area contributed by atoms with Crippen LogP contribution in [0.2, 0.25) is 0 Å². The van der Waals surface area contributed by atoms with Crippen molar-refractivity contribution in [3.63, 3.8) is 0 Å². The fourth-order valence-electron chi connectivity index (χ4n) is 1.66. The summed E-state index contributed by atoms with van der Waals surface area (Å²) in [5.41, 5.74) is 0.532. The summed E-state index contributed by atoms with van der Waals surface area (Å²) >= 11 is 0. The van der Waals surface area contributed by atoms with Crippen LogP contribution in [-0.4, -0.2) is 23.5 Å². The monoisotopic (exact) mass is 292 g/mol. The largest absolute Gasteiger partial charge is 0.480 e. The van der Waals surface area contributed by atoms with Crippen LogP contribution in [0.1, 0.15) is 21.8 Å². The van der Waals surface area contributed by atoms with Crippen molar-refractivity contribution >= 4 is 12.0 Å². The summed E-state index contributed by atoms with van der Waals surface area (Å²) in [7, 11) is 1.52. The molecule has 2 aromatic rings. The summed E-state index contributed by atoms with van der Waals surface area (Å²) in [6.07, 6.45) is 0.587. The molecule has 1 aromatic carbocycles. The van der Waals surface area contributed by atoms with E-state index in [9.17, 15) is 14.9 Å². The maximum absolute atomic E-state index is 10.9. The molecule has 0 aliphatic heterocycles. The predicted molar refractivity (Wildman–Crippen MR) is 70.0 cm³/mol. The predicted octanol–water partition coefficient (Wildman–Crippen LogP) is 2.12. The van der Waals surface area contributed by atoms with Gasteiger partial charge < -0.3 is 14.0 Å². The molecule has 2 rings (SSSR count). The van der Waals surface area contributed by atoms with E-state index in [2.05, 4.69) is 5.16 Å². The topological polar surface area (TPSA) is 105 Å². The number of nitro groups is 1. The van der Waals surface area contributed by atoms with Crippen LogP contribution in [0, 0.1) is 10.1 Å². The normalized spacial score (nSPS) is 10.3. The zero-order valence-corrected chi connectivity index (χ0v) is 11.1. The van der Waals surface area contributed by atoms with E-state index >= 15 is 0 Å². The summed E-state index contributed by atoms with van der Waals surface area (Å²) in [5, 5.41) is 14.7. The van der Waals surface area contributed by atoms with E-state index in [1.165, 1.54) is 25.3 Å². The van der Waals surface area contributed by atoms with Crippen molar-refractivity contribution in [3.05, 3.63) is 51.4 Å². The Morgan fingerprint density at radius 1 is 1.38 bits per heavy atom. The smallest absolute Gasteiger partial charge is 0.310 e. The van der Waals surface area contributed by atoms with Gasteiger partial charge in [0.1, 0.15) is 25.2 Å². The maximum atomic E-state index is 10.9. The number of nitro benzene ring substituents is 1. The molecule has 110 valence electrons. The zero-order valence-electron chi connectivity index (χ0n) is 11.1. The maximum Gasteiger partial charge on any atom is 0.310 e. The highest BCUT2D eigenvalue weighted by atomic mass is 16.6. The standard InChI is InChI=1S/C13H12N2O6/c1-19-8-11-5-10(14-21-11)7-20-13-4-9(6-16)2-3-12(13)15(17)18/h2-6H,7-8H2,1H3. The van der Waals surface area contributed by atoms with Crippen molar-refractivity contribution < 1.29 is 23.7 Å². The van der Waals surface area contributed by atoms with E-state index in [0.29, 0.717) is 17.7 Å². The second-order valence-electron chi connectivity index (χ2n) is 4.11. The second-order valence-corrected chi connectivity index (χ2v) is 4.11. The quantitative estimate of drug-likeness (QED) is 0.437. The van der Waals surface area contributed by atoms with Gasteiger partial charge in [0.15, 0.2) is 11.5 Å². The van der Waals surface area contributed by atoms with E-state index in [0.717, 1.165) is 0 Å².